The fraction of sp³-hybridized carbons (Fsp3) is 0.500. The average molecular weight is 446 g/mol. The lowest BCUT2D eigenvalue weighted by atomic mass is 9.63. The molecule has 170 valence electrons. The Morgan fingerprint density at radius 2 is 1.97 bits per heavy atom. The summed E-state index contributed by atoms with van der Waals surface area (Å²) in [7, 11) is 1.58. The van der Waals surface area contributed by atoms with Gasteiger partial charge in [-0.2, -0.15) is 5.10 Å². The van der Waals surface area contributed by atoms with Crippen molar-refractivity contribution in [1.29, 1.82) is 0 Å². The molecule has 2 atom stereocenters. The minimum Gasteiger partial charge on any atom is -0.495 e. The van der Waals surface area contributed by atoms with E-state index < -0.39 is 23.8 Å². The van der Waals surface area contributed by atoms with Crippen LogP contribution in [0.1, 0.15) is 38.3 Å². The number of alkyl halides is 1. The largest absolute Gasteiger partial charge is 0.495 e. The zero-order valence-corrected chi connectivity index (χ0v) is 18.1. The van der Waals surface area contributed by atoms with Gasteiger partial charge in [0.25, 0.3) is 0 Å². The van der Waals surface area contributed by atoms with Crippen LogP contribution in [0.15, 0.2) is 18.3 Å². The Morgan fingerprint density at radius 3 is 2.62 bits per heavy atom. The minimum atomic E-state index is -1.19. The van der Waals surface area contributed by atoms with E-state index in [2.05, 4.69) is 34.4 Å². The third kappa shape index (κ3) is 3.56. The van der Waals surface area contributed by atoms with Crippen molar-refractivity contribution in [2.75, 3.05) is 25.5 Å². The molecule has 32 heavy (non-hydrogen) atoms. The van der Waals surface area contributed by atoms with Crippen molar-refractivity contribution < 1.29 is 17.9 Å². The van der Waals surface area contributed by atoms with Crippen LogP contribution < -0.4 is 15.4 Å². The first-order chi connectivity index (χ1) is 15.3. The van der Waals surface area contributed by atoms with Crippen LogP contribution in [0.25, 0.3) is 17.0 Å². The maximum absolute atomic E-state index is 14.8. The zero-order chi connectivity index (χ0) is 22.6. The van der Waals surface area contributed by atoms with Crippen LogP contribution in [0, 0.1) is 17.0 Å². The summed E-state index contributed by atoms with van der Waals surface area (Å²) >= 11 is 0. The van der Waals surface area contributed by atoms with E-state index in [9.17, 15) is 13.2 Å². The normalized spacial score (nSPS) is 22.8. The molecule has 7 nitrogen and oxygen atoms in total. The number of ether oxygens (including phenoxy) is 1. The van der Waals surface area contributed by atoms with Gasteiger partial charge in [-0.15, -0.1) is 0 Å². The van der Waals surface area contributed by atoms with Crippen molar-refractivity contribution in [3.05, 3.63) is 35.7 Å². The molecular weight excluding hydrogens is 421 g/mol. The molecule has 3 aromatic rings. The highest BCUT2D eigenvalue weighted by atomic mass is 19.1. The predicted molar refractivity (Wildman–Crippen MR) is 114 cm³/mol. The Morgan fingerprint density at radius 1 is 1.19 bits per heavy atom. The average Bonchev–Trinajstić information content (AvgIpc) is 3.32. The van der Waals surface area contributed by atoms with E-state index in [0.29, 0.717) is 17.9 Å². The van der Waals surface area contributed by atoms with Gasteiger partial charge in [-0.25, -0.2) is 27.7 Å². The molecule has 2 fully saturated rings. The first-order valence-electron chi connectivity index (χ1n) is 10.7. The molecule has 5 rings (SSSR count). The molecule has 2 aliphatic rings. The summed E-state index contributed by atoms with van der Waals surface area (Å²) in [6, 6.07) is 1.86. The van der Waals surface area contributed by atoms with Crippen molar-refractivity contribution >= 4 is 11.5 Å². The van der Waals surface area contributed by atoms with Gasteiger partial charge in [-0.1, -0.05) is 13.8 Å². The highest BCUT2D eigenvalue weighted by Crippen LogP contribution is 2.51. The summed E-state index contributed by atoms with van der Waals surface area (Å²) in [6.45, 7) is 4.90. The first kappa shape index (κ1) is 21.0. The van der Waals surface area contributed by atoms with Crippen LogP contribution in [0.2, 0.25) is 0 Å². The molecule has 0 spiro atoms. The topological polar surface area (TPSA) is 76.4 Å². The van der Waals surface area contributed by atoms with Gasteiger partial charge in [0.1, 0.15) is 29.0 Å². The quantitative estimate of drug-likeness (QED) is 0.623. The number of hydrogen-bond donors (Lipinski definition) is 2. The lowest BCUT2D eigenvalue weighted by molar-refractivity contribution is 0.145. The van der Waals surface area contributed by atoms with Gasteiger partial charge in [0, 0.05) is 31.1 Å². The molecule has 0 radical (unpaired) electrons. The zero-order valence-electron chi connectivity index (χ0n) is 18.1. The van der Waals surface area contributed by atoms with E-state index >= 15 is 0 Å². The number of pyridine rings is 1. The second-order valence-electron chi connectivity index (χ2n) is 9.36. The lowest BCUT2D eigenvalue weighted by Crippen LogP contribution is -2.31. The minimum absolute atomic E-state index is 0.111. The van der Waals surface area contributed by atoms with E-state index in [-0.39, 0.29) is 35.1 Å². The first-order valence-corrected chi connectivity index (χ1v) is 10.7. The van der Waals surface area contributed by atoms with Crippen LogP contribution in [0.3, 0.4) is 0 Å². The van der Waals surface area contributed by atoms with Crippen LogP contribution in [-0.2, 0) is 0 Å². The van der Waals surface area contributed by atoms with Crippen molar-refractivity contribution in [3.8, 4) is 17.1 Å². The molecule has 0 aromatic carbocycles. The number of methoxy groups -OCH3 is 1. The molecule has 2 unspecified atom stereocenters. The van der Waals surface area contributed by atoms with E-state index in [4.69, 9.17) is 9.84 Å². The molecule has 0 amide bonds. The highest BCUT2D eigenvalue weighted by Gasteiger charge is 2.39. The van der Waals surface area contributed by atoms with Gasteiger partial charge in [0.15, 0.2) is 23.1 Å². The Bertz CT molecular complexity index is 1170. The van der Waals surface area contributed by atoms with Gasteiger partial charge in [-0.05, 0) is 18.3 Å². The number of nitrogens with zero attached hydrogens (tertiary/aromatic N) is 4. The predicted octanol–water partition coefficient (Wildman–Crippen LogP) is 3.70. The number of fused-ring (bicyclic) bond motifs is 1. The fourth-order valence-corrected chi connectivity index (χ4v) is 4.70. The van der Waals surface area contributed by atoms with Crippen molar-refractivity contribution in [3.63, 3.8) is 0 Å². The summed E-state index contributed by atoms with van der Waals surface area (Å²) in [5.41, 5.74) is 1.64. The number of rotatable bonds is 5. The molecule has 2 N–H and O–H groups in total. The monoisotopic (exact) mass is 446 g/mol. The molecular formula is C22H25F3N6O. The Labute approximate surface area is 183 Å². The third-order valence-electron chi connectivity index (χ3n) is 6.32. The van der Waals surface area contributed by atoms with Gasteiger partial charge < -0.3 is 15.4 Å². The number of anilines is 1. The molecule has 3 aromatic heterocycles. The summed E-state index contributed by atoms with van der Waals surface area (Å²) in [6.07, 6.45) is 2.17. The van der Waals surface area contributed by atoms with Gasteiger partial charge in [0.2, 0.25) is 0 Å². The van der Waals surface area contributed by atoms with Crippen LogP contribution >= 0.6 is 0 Å². The Balaban J connectivity index is 1.56. The van der Waals surface area contributed by atoms with E-state index in [1.807, 2.05) is 0 Å². The molecule has 1 saturated heterocycles. The Kier molecular flexibility index (Phi) is 4.99. The van der Waals surface area contributed by atoms with E-state index in [1.54, 1.807) is 13.2 Å². The van der Waals surface area contributed by atoms with Crippen LogP contribution in [-0.4, -0.2) is 52.0 Å². The number of halogens is 3. The van der Waals surface area contributed by atoms with Gasteiger partial charge in [-0.3, -0.25) is 0 Å². The molecule has 10 heteroatoms. The van der Waals surface area contributed by atoms with Crippen LogP contribution in [0.4, 0.5) is 19.0 Å². The molecule has 4 heterocycles. The maximum atomic E-state index is 14.8. The number of hydrogen-bond acceptors (Lipinski definition) is 6. The molecule has 1 aliphatic heterocycles. The standard InChI is InChI=1S/C22H25F3N6O/c1-22(2)6-11(7-22)19-17(32-3)5-18-27-10-16(31(18)30-19)20-12(23)4-13(24)21(29-20)28-15-9-26-8-14(15)25/h4-5,10-11,14-15,26H,6-9H2,1-3H3,(H,28,29). The van der Waals surface area contributed by atoms with Gasteiger partial charge in [0.05, 0.1) is 19.3 Å². The highest BCUT2D eigenvalue weighted by molar-refractivity contribution is 5.63. The van der Waals surface area contributed by atoms with Crippen molar-refractivity contribution in [1.82, 2.24) is 24.9 Å². The summed E-state index contributed by atoms with van der Waals surface area (Å²) < 4.78 is 50.2. The molecule has 1 aliphatic carbocycles. The molecule has 1 saturated carbocycles. The molecule has 0 bridgehead atoms. The summed E-state index contributed by atoms with van der Waals surface area (Å²) in [4.78, 5) is 8.46. The fourth-order valence-electron chi connectivity index (χ4n) is 4.70. The summed E-state index contributed by atoms with van der Waals surface area (Å²) in [5, 5.41) is 10.4. The number of imidazole rings is 1. The lowest BCUT2D eigenvalue weighted by Gasteiger charge is -2.42. The van der Waals surface area contributed by atoms with Gasteiger partial charge >= 0.3 is 0 Å². The number of nitrogens with one attached hydrogen (secondary N) is 2. The SMILES string of the molecule is COc1cc2ncc(-c3nc(NC4CNCC4F)c(F)cc3F)n2nc1C1CC(C)(C)C1. The van der Waals surface area contributed by atoms with Crippen molar-refractivity contribution in [2.45, 2.75) is 44.8 Å². The van der Waals surface area contributed by atoms with E-state index in [1.165, 1.54) is 10.7 Å². The smallest absolute Gasteiger partial charge is 0.168 e. The Hall–Kier alpha value is -2.88. The van der Waals surface area contributed by atoms with E-state index in [0.717, 1.165) is 24.6 Å². The number of aromatic nitrogens is 4. The summed E-state index contributed by atoms with van der Waals surface area (Å²) in [5.74, 6) is -1.08. The maximum Gasteiger partial charge on any atom is 0.168 e. The van der Waals surface area contributed by atoms with Crippen molar-refractivity contribution in [2.24, 2.45) is 5.41 Å². The second kappa shape index (κ2) is 7.61. The third-order valence-corrected chi connectivity index (χ3v) is 6.32. The second-order valence-corrected chi connectivity index (χ2v) is 9.36. The van der Waals surface area contributed by atoms with Crippen LogP contribution in [0.5, 0.6) is 5.75 Å².